The highest BCUT2D eigenvalue weighted by Crippen LogP contribution is 2.32. The number of carboxylic acid groups (broad SMARTS) is 1. The van der Waals surface area contributed by atoms with Crippen LogP contribution in [-0.4, -0.2) is 59.0 Å². The zero-order valence-electron chi connectivity index (χ0n) is 21.6. The van der Waals surface area contributed by atoms with Gasteiger partial charge in [0.15, 0.2) is 5.78 Å². The molecule has 0 unspecified atom stereocenters. The van der Waals surface area contributed by atoms with Gasteiger partial charge in [-0.2, -0.15) is 0 Å². The van der Waals surface area contributed by atoms with Crippen molar-refractivity contribution < 1.29 is 24.3 Å². The van der Waals surface area contributed by atoms with Gasteiger partial charge in [-0.25, -0.2) is 4.79 Å². The van der Waals surface area contributed by atoms with Crippen molar-refractivity contribution in [3.05, 3.63) is 93.5 Å². The number of amidine groups is 1. The van der Waals surface area contributed by atoms with E-state index in [1.807, 2.05) is 30.3 Å². The second-order valence-electron chi connectivity index (χ2n) is 9.19. The van der Waals surface area contributed by atoms with Crippen LogP contribution in [0.15, 0.2) is 66.7 Å². The fourth-order valence-electron chi connectivity index (χ4n) is 4.05. The zero-order chi connectivity index (χ0) is 29.4. The number of likely N-dealkylation sites (N-methyl/N-ethyl adjacent to an activating group) is 1. The number of halogens is 2. The van der Waals surface area contributed by atoms with Crippen molar-refractivity contribution in [2.75, 3.05) is 13.6 Å². The van der Waals surface area contributed by atoms with Crippen LogP contribution in [0.3, 0.4) is 0 Å². The lowest BCUT2D eigenvalue weighted by Crippen LogP contribution is -2.41. The first-order valence-electron chi connectivity index (χ1n) is 12.2. The summed E-state index contributed by atoms with van der Waals surface area (Å²) >= 11 is 12.7. The second-order valence-corrected chi connectivity index (χ2v) is 10.0. The Bertz CT molecular complexity index is 1420. The third-order valence-corrected chi connectivity index (χ3v) is 6.62. The summed E-state index contributed by atoms with van der Waals surface area (Å²) in [4.78, 5) is 51.3. The van der Waals surface area contributed by atoms with Crippen molar-refractivity contribution in [3.63, 3.8) is 0 Å². The third kappa shape index (κ3) is 8.14. The van der Waals surface area contributed by atoms with Crippen molar-refractivity contribution in [1.29, 1.82) is 5.41 Å². The number of benzene rings is 3. The summed E-state index contributed by atoms with van der Waals surface area (Å²) in [6, 6.07) is 17.6. The molecule has 0 aliphatic rings. The van der Waals surface area contributed by atoms with Gasteiger partial charge in [0.25, 0.3) is 11.8 Å². The fourth-order valence-corrected chi connectivity index (χ4v) is 4.71. The summed E-state index contributed by atoms with van der Waals surface area (Å²) in [5.74, 6) is -2.96. The number of hydrogen-bond acceptors (Lipinski definition) is 5. The predicted molar refractivity (Wildman–Crippen MR) is 154 cm³/mol. The van der Waals surface area contributed by atoms with E-state index in [0.717, 1.165) is 5.56 Å². The number of aliphatic carboxylic acids is 1. The molecule has 0 aliphatic carbocycles. The maximum Gasteiger partial charge on any atom is 0.326 e. The highest BCUT2D eigenvalue weighted by molar-refractivity contribution is 6.40. The van der Waals surface area contributed by atoms with Crippen molar-refractivity contribution in [3.8, 4) is 11.1 Å². The molecule has 9 nitrogen and oxygen atoms in total. The quantitative estimate of drug-likeness (QED) is 0.183. The second kappa shape index (κ2) is 13.7. The summed E-state index contributed by atoms with van der Waals surface area (Å²) in [7, 11) is 1.46. The Balaban J connectivity index is 1.61. The molecule has 0 radical (unpaired) electrons. The van der Waals surface area contributed by atoms with Gasteiger partial charge in [-0.05, 0) is 47.4 Å². The third-order valence-electron chi connectivity index (χ3n) is 6.02. The van der Waals surface area contributed by atoms with E-state index in [9.17, 15) is 24.3 Å². The monoisotopic (exact) mass is 582 g/mol. The van der Waals surface area contributed by atoms with E-state index in [2.05, 4.69) is 5.32 Å². The molecule has 2 amide bonds. The maximum atomic E-state index is 12.9. The fraction of sp³-hybridized carbons (Fsp3) is 0.207. The highest BCUT2D eigenvalue weighted by Gasteiger charge is 2.25. The topological polar surface area (TPSA) is 154 Å². The number of nitrogens with zero attached hydrogens (tertiary/aromatic N) is 1. The maximum absolute atomic E-state index is 12.9. The number of Topliss-reactive ketones (excluding diaryl/α,β-unsaturated/α-hetero) is 1. The van der Waals surface area contributed by atoms with Crippen LogP contribution in [0.4, 0.5) is 0 Å². The van der Waals surface area contributed by atoms with Gasteiger partial charge >= 0.3 is 5.97 Å². The predicted octanol–water partition coefficient (Wildman–Crippen LogP) is 4.44. The van der Waals surface area contributed by atoms with Crippen molar-refractivity contribution in [2.45, 2.75) is 25.3 Å². The number of nitrogens with two attached hydrogens (primary N) is 1. The van der Waals surface area contributed by atoms with Crippen LogP contribution in [0, 0.1) is 5.41 Å². The van der Waals surface area contributed by atoms with E-state index in [-0.39, 0.29) is 53.0 Å². The van der Waals surface area contributed by atoms with Crippen LogP contribution in [-0.2, 0) is 16.0 Å². The van der Waals surface area contributed by atoms with Gasteiger partial charge < -0.3 is 21.1 Å². The van der Waals surface area contributed by atoms with E-state index >= 15 is 0 Å². The van der Waals surface area contributed by atoms with Crippen molar-refractivity contribution in [2.24, 2.45) is 5.73 Å². The van der Waals surface area contributed by atoms with Crippen molar-refractivity contribution in [1.82, 2.24) is 10.2 Å². The summed E-state index contributed by atoms with van der Waals surface area (Å²) < 4.78 is 0. The zero-order valence-corrected chi connectivity index (χ0v) is 23.1. The standard InChI is InChI=1S/C29H28Cl2N4O5/c1-35(28(38)19-9-5-6-17(12-19)13-25(32)33)16-21(36)10-11-24(29(39)40)34-27(37)26-22(30)14-20(15-23(26)31)18-7-3-2-4-8-18/h2-9,12,14-15,24H,10-11,13,16H2,1H3,(H3,32,33)(H,34,37)(H,39,40)/t24-/m1/s1. The Labute approximate surface area is 241 Å². The summed E-state index contributed by atoms with van der Waals surface area (Å²) in [5.41, 5.74) is 7.90. The van der Waals surface area contributed by atoms with Crippen LogP contribution < -0.4 is 11.1 Å². The lowest BCUT2D eigenvalue weighted by atomic mass is 10.0. The average molecular weight is 583 g/mol. The molecule has 0 aromatic heterocycles. The van der Waals surface area contributed by atoms with E-state index in [1.165, 1.54) is 11.9 Å². The van der Waals surface area contributed by atoms with E-state index in [0.29, 0.717) is 16.7 Å². The first-order valence-corrected chi connectivity index (χ1v) is 13.0. The minimum atomic E-state index is -1.39. The Morgan fingerprint density at radius 2 is 1.62 bits per heavy atom. The number of amides is 2. The van der Waals surface area contributed by atoms with Gasteiger partial charge in [0, 0.05) is 25.5 Å². The minimum Gasteiger partial charge on any atom is -0.480 e. The number of carboxylic acids is 1. The number of rotatable bonds is 12. The Hall–Kier alpha value is -4.21. The molecule has 5 N–H and O–H groups in total. The Morgan fingerprint density at radius 3 is 2.23 bits per heavy atom. The Morgan fingerprint density at radius 1 is 0.975 bits per heavy atom. The number of ketones is 1. The number of carbonyl (C=O) groups is 4. The molecule has 0 aliphatic heterocycles. The van der Waals surface area contributed by atoms with Crippen LogP contribution in [0.25, 0.3) is 11.1 Å². The van der Waals surface area contributed by atoms with E-state index in [1.54, 1.807) is 36.4 Å². The molecule has 0 heterocycles. The summed E-state index contributed by atoms with van der Waals surface area (Å²) in [6.07, 6.45) is -0.208. The number of nitrogens with one attached hydrogen (secondary N) is 2. The molecule has 40 heavy (non-hydrogen) atoms. The summed E-state index contributed by atoms with van der Waals surface area (Å²) in [6.45, 7) is -0.255. The first-order chi connectivity index (χ1) is 19.0. The van der Waals surface area contributed by atoms with Gasteiger partial charge in [0.1, 0.15) is 6.04 Å². The van der Waals surface area contributed by atoms with Crippen LogP contribution in [0.2, 0.25) is 10.0 Å². The molecule has 1 atom stereocenters. The molecule has 3 aromatic rings. The number of carbonyl (C=O) groups excluding carboxylic acids is 3. The molecule has 0 fully saturated rings. The SMILES string of the molecule is CN(CC(=O)CC[C@@H](NC(=O)c1c(Cl)cc(-c2ccccc2)cc1Cl)C(=O)O)C(=O)c1cccc(CC(=N)N)c1. The van der Waals surface area contributed by atoms with Gasteiger partial charge in [0.05, 0.1) is 28.0 Å². The highest BCUT2D eigenvalue weighted by atomic mass is 35.5. The van der Waals surface area contributed by atoms with E-state index in [4.69, 9.17) is 34.3 Å². The molecule has 11 heteroatoms. The lowest BCUT2D eigenvalue weighted by molar-refractivity contribution is -0.139. The molecular formula is C29H28Cl2N4O5. The molecule has 3 aromatic carbocycles. The smallest absolute Gasteiger partial charge is 0.326 e. The average Bonchev–Trinajstić information content (AvgIpc) is 2.90. The minimum absolute atomic E-state index is 0.0399. The molecule has 0 spiro atoms. The van der Waals surface area contributed by atoms with Crippen LogP contribution in [0.1, 0.15) is 39.1 Å². The molecule has 0 bridgehead atoms. The van der Waals surface area contributed by atoms with E-state index < -0.39 is 23.8 Å². The molecule has 208 valence electrons. The van der Waals surface area contributed by atoms with Crippen molar-refractivity contribution >= 4 is 52.6 Å². The Kier molecular flexibility index (Phi) is 10.4. The van der Waals surface area contributed by atoms with Gasteiger partial charge in [0.2, 0.25) is 0 Å². The van der Waals surface area contributed by atoms with Crippen LogP contribution in [0.5, 0.6) is 0 Å². The summed E-state index contributed by atoms with van der Waals surface area (Å²) in [5, 5.41) is 19.5. The lowest BCUT2D eigenvalue weighted by Gasteiger charge is -2.19. The van der Waals surface area contributed by atoms with Crippen LogP contribution >= 0.6 is 23.2 Å². The molecular weight excluding hydrogens is 555 g/mol. The van der Waals surface area contributed by atoms with Gasteiger partial charge in [-0.15, -0.1) is 0 Å². The molecule has 0 saturated carbocycles. The normalized spacial score (nSPS) is 11.4. The largest absolute Gasteiger partial charge is 0.480 e. The van der Waals surface area contributed by atoms with Gasteiger partial charge in [-0.1, -0.05) is 65.7 Å². The molecule has 0 saturated heterocycles. The van der Waals surface area contributed by atoms with Gasteiger partial charge in [-0.3, -0.25) is 19.8 Å². The first kappa shape index (κ1) is 30.3. The molecule has 3 rings (SSSR count). The number of hydrogen-bond donors (Lipinski definition) is 4.